The first-order valence-corrected chi connectivity index (χ1v) is 7.82. The van der Waals surface area contributed by atoms with E-state index in [0.717, 1.165) is 17.2 Å². The van der Waals surface area contributed by atoms with Crippen LogP contribution in [0.3, 0.4) is 0 Å². The van der Waals surface area contributed by atoms with Gasteiger partial charge in [0, 0.05) is 31.7 Å². The zero-order chi connectivity index (χ0) is 16.8. The number of pyridine rings is 1. The summed E-state index contributed by atoms with van der Waals surface area (Å²) in [6, 6.07) is 3.82. The van der Waals surface area contributed by atoms with Crippen molar-refractivity contribution in [3.8, 4) is 5.82 Å². The Hall–Kier alpha value is -2.21. The molecule has 0 unspecified atom stereocenters. The molecule has 1 N–H and O–H groups in total. The summed E-state index contributed by atoms with van der Waals surface area (Å²) in [6.07, 6.45) is 4.88. The Morgan fingerprint density at radius 2 is 2.09 bits per heavy atom. The number of hydrogen-bond acceptors (Lipinski definition) is 4. The van der Waals surface area contributed by atoms with E-state index in [4.69, 9.17) is 4.74 Å². The van der Waals surface area contributed by atoms with Gasteiger partial charge in [-0.2, -0.15) is 0 Å². The van der Waals surface area contributed by atoms with E-state index in [9.17, 15) is 4.79 Å². The first-order valence-electron chi connectivity index (χ1n) is 7.82. The highest BCUT2D eigenvalue weighted by molar-refractivity contribution is 5.80. The Morgan fingerprint density at radius 1 is 1.30 bits per heavy atom. The van der Waals surface area contributed by atoms with Gasteiger partial charge in [0.05, 0.1) is 0 Å². The summed E-state index contributed by atoms with van der Waals surface area (Å²) >= 11 is 0. The fourth-order valence-corrected chi connectivity index (χ4v) is 2.07. The topological polar surface area (TPSA) is 69.0 Å². The molecule has 2 aromatic heterocycles. The highest BCUT2D eigenvalue weighted by Crippen LogP contribution is 2.09. The molecule has 0 aliphatic carbocycles. The molecule has 0 aliphatic rings. The number of aromatic nitrogens is 3. The van der Waals surface area contributed by atoms with Gasteiger partial charge in [-0.15, -0.1) is 0 Å². The fourth-order valence-electron chi connectivity index (χ4n) is 2.07. The SMILES string of the molecule is Cc1nccn1-c1cc(CNC(=O)[C@@H](C)OCC(C)C)ccn1. The average Bonchev–Trinajstić information content (AvgIpc) is 2.96. The fraction of sp³-hybridized carbons (Fsp3) is 0.471. The number of hydrogen-bond donors (Lipinski definition) is 1. The van der Waals surface area contributed by atoms with Gasteiger partial charge in [0.2, 0.25) is 5.91 Å². The highest BCUT2D eigenvalue weighted by atomic mass is 16.5. The Bertz CT molecular complexity index is 652. The molecule has 0 aliphatic heterocycles. The molecule has 2 aromatic rings. The second-order valence-electron chi connectivity index (χ2n) is 5.95. The molecule has 0 fully saturated rings. The zero-order valence-corrected chi connectivity index (χ0v) is 14.1. The van der Waals surface area contributed by atoms with Crippen molar-refractivity contribution in [2.24, 2.45) is 5.92 Å². The van der Waals surface area contributed by atoms with Crippen molar-refractivity contribution in [2.75, 3.05) is 6.61 Å². The molecule has 2 rings (SSSR count). The van der Waals surface area contributed by atoms with E-state index in [1.807, 2.05) is 29.8 Å². The van der Waals surface area contributed by atoms with Crippen molar-refractivity contribution in [3.05, 3.63) is 42.1 Å². The lowest BCUT2D eigenvalue weighted by Crippen LogP contribution is -2.34. The van der Waals surface area contributed by atoms with Crippen LogP contribution in [0.2, 0.25) is 0 Å². The molecule has 6 nitrogen and oxygen atoms in total. The van der Waals surface area contributed by atoms with Crippen molar-refractivity contribution >= 4 is 5.91 Å². The summed E-state index contributed by atoms with van der Waals surface area (Å²) in [4.78, 5) is 20.6. The van der Waals surface area contributed by atoms with Gasteiger partial charge < -0.3 is 10.1 Å². The van der Waals surface area contributed by atoms with Crippen LogP contribution in [0.1, 0.15) is 32.2 Å². The number of aryl methyl sites for hydroxylation is 1. The highest BCUT2D eigenvalue weighted by Gasteiger charge is 2.13. The Labute approximate surface area is 136 Å². The lowest BCUT2D eigenvalue weighted by atomic mass is 10.2. The lowest BCUT2D eigenvalue weighted by molar-refractivity contribution is -0.132. The van der Waals surface area contributed by atoms with Crippen LogP contribution < -0.4 is 5.32 Å². The molecule has 0 radical (unpaired) electrons. The van der Waals surface area contributed by atoms with Crippen LogP contribution in [-0.2, 0) is 16.1 Å². The molecular weight excluding hydrogens is 292 g/mol. The number of nitrogens with zero attached hydrogens (tertiary/aromatic N) is 3. The minimum absolute atomic E-state index is 0.108. The molecule has 2 heterocycles. The molecule has 0 spiro atoms. The summed E-state index contributed by atoms with van der Waals surface area (Å²) in [6.45, 7) is 8.82. The van der Waals surface area contributed by atoms with Crippen molar-refractivity contribution < 1.29 is 9.53 Å². The summed E-state index contributed by atoms with van der Waals surface area (Å²) in [7, 11) is 0. The van der Waals surface area contributed by atoms with Crippen molar-refractivity contribution in [1.29, 1.82) is 0 Å². The average molecular weight is 316 g/mol. The molecule has 0 saturated carbocycles. The third-order valence-electron chi connectivity index (χ3n) is 3.40. The molecular formula is C17H24N4O2. The molecule has 0 aromatic carbocycles. The van der Waals surface area contributed by atoms with Gasteiger partial charge in [-0.25, -0.2) is 9.97 Å². The molecule has 1 atom stereocenters. The second-order valence-corrected chi connectivity index (χ2v) is 5.95. The number of carbonyl (C=O) groups excluding carboxylic acids is 1. The molecule has 1 amide bonds. The van der Waals surface area contributed by atoms with Gasteiger partial charge >= 0.3 is 0 Å². The second kappa shape index (κ2) is 7.87. The summed E-state index contributed by atoms with van der Waals surface area (Å²) in [5.41, 5.74) is 0.979. The van der Waals surface area contributed by atoms with Crippen LogP contribution in [-0.4, -0.2) is 33.2 Å². The third kappa shape index (κ3) is 4.89. The standard InChI is InChI=1S/C17H24N4O2/c1-12(2)11-23-13(3)17(22)20-10-15-5-6-19-16(9-15)21-8-7-18-14(21)4/h5-9,12-13H,10-11H2,1-4H3,(H,20,22)/t13-/m1/s1. The van der Waals surface area contributed by atoms with Crippen molar-refractivity contribution in [2.45, 2.75) is 40.3 Å². The van der Waals surface area contributed by atoms with E-state index < -0.39 is 6.10 Å². The number of amides is 1. The summed E-state index contributed by atoms with van der Waals surface area (Å²) < 4.78 is 7.42. The van der Waals surface area contributed by atoms with Crippen molar-refractivity contribution in [3.63, 3.8) is 0 Å². The quantitative estimate of drug-likeness (QED) is 0.850. The maximum absolute atomic E-state index is 12.0. The Kier molecular flexibility index (Phi) is 5.87. The van der Waals surface area contributed by atoms with Gasteiger partial charge in [0.1, 0.15) is 17.7 Å². The number of nitrogens with one attached hydrogen (secondary N) is 1. The zero-order valence-electron chi connectivity index (χ0n) is 14.1. The summed E-state index contributed by atoms with van der Waals surface area (Å²) in [5, 5.41) is 2.89. The smallest absolute Gasteiger partial charge is 0.249 e. The van der Waals surface area contributed by atoms with E-state index in [0.29, 0.717) is 19.1 Å². The lowest BCUT2D eigenvalue weighted by Gasteiger charge is -2.15. The predicted molar refractivity (Wildman–Crippen MR) is 88.2 cm³/mol. The number of carbonyl (C=O) groups is 1. The van der Waals surface area contributed by atoms with Crippen LogP contribution in [0.4, 0.5) is 0 Å². The minimum atomic E-state index is -0.449. The minimum Gasteiger partial charge on any atom is -0.368 e. The van der Waals surface area contributed by atoms with Crippen LogP contribution in [0, 0.1) is 12.8 Å². The largest absolute Gasteiger partial charge is 0.368 e. The monoisotopic (exact) mass is 316 g/mol. The Balaban J connectivity index is 1.94. The molecule has 23 heavy (non-hydrogen) atoms. The van der Waals surface area contributed by atoms with Gasteiger partial charge in [-0.05, 0) is 37.5 Å². The van der Waals surface area contributed by atoms with E-state index in [1.54, 1.807) is 19.3 Å². The van der Waals surface area contributed by atoms with E-state index >= 15 is 0 Å². The van der Waals surface area contributed by atoms with E-state index in [2.05, 4.69) is 29.1 Å². The van der Waals surface area contributed by atoms with E-state index in [1.165, 1.54) is 0 Å². The third-order valence-corrected chi connectivity index (χ3v) is 3.40. The normalized spacial score (nSPS) is 12.4. The maximum Gasteiger partial charge on any atom is 0.249 e. The molecule has 0 bridgehead atoms. The van der Waals surface area contributed by atoms with Gasteiger partial charge in [-0.1, -0.05) is 13.8 Å². The van der Waals surface area contributed by atoms with Crippen LogP contribution >= 0.6 is 0 Å². The van der Waals surface area contributed by atoms with Crippen LogP contribution in [0.25, 0.3) is 5.82 Å². The first-order chi connectivity index (χ1) is 11.0. The first kappa shape index (κ1) is 17.1. The number of rotatable bonds is 7. The van der Waals surface area contributed by atoms with E-state index in [-0.39, 0.29) is 5.91 Å². The van der Waals surface area contributed by atoms with Gasteiger partial charge in [0.15, 0.2) is 0 Å². The van der Waals surface area contributed by atoms with Gasteiger partial charge in [-0.3, -0.25) is 9.36 Å². The van der Waals surface area contributed by atoms with Gasteiger partial charge in [0.25, 0.3) is 0 Å². The molecule has 6 heteroatoms. The predicted octanol–water partition coefficient (Wildman–Crippen LogP) is 2.25. The van der Waals surface area contributed by atoms with Crippen LogP contribution in [0.5, 0.6) is 0 Å². The van der Waals surface area contributed by atoms with Crippen LogP contribution in [0.15, 0.2) is 30.7 Å². The maximum atomic E-state index is 12.0. The van der Waals surface area contributed by atoms with Crippen molar-refractivity contribution in [1.82, 2.24) is 19.9 Å². The summed E-state index contributed by atoms with van der Waals surface area (Å²) in [5.74, 6) is 1.96. The Morgan fingerprint density at radius 3 is 2.74 bits per heavy atom. The number of imidazole rings is 1. The molecule has 0 saturated heterocycles. The molecule has 124 valence electrons. The number of ether oxygens (including phenoxy) is 1.